The molecule has 0 fully saturated rings. The summed E-state index contributed by atoms with van der Waals surface area (Å²) in [7, 11) is 1.55. The van der Waals surface area contributed by atoms with Crippen LogP contribution in [0.4, 0.5) is 10.6 Å². The van der Waals surface area contributed by atoms with Gasteiger partial charge >= 0.3 is 6.09 Å². The fourth-order valence-corrected chi connectivity index (χ4v) is 3.07. The van der Waals surface area contributed by atoms with Gasteiger partial charge in [-0.15, -0.1) is 0 Å². The molecule has 1 heterocycles. The second-order valence-electron chi connectivity index (χ2n) is 7.96. The summed E-state index contributed by atoms with van der Waals surface area (Å²) in [6.07, 6.45) is -0.586. The van der Waals surface area contributed by atoms with E-state index in [2.05, 4.69) is 11.1 Å². The molecular weight excluding hydrogens is 366 g/mol. The molecule has 3 rings (SSSR count). The van der Waals surface area contributed by atoms with Gasteiger partial charge in [-0.25, -0.2) is 4.79 Å². The van der Waals surface area contributed by atoms with Crippen LogP contribution in [0.2, 0.25) is 0 Å². The van der Waals surface area contributed by atoms with Gasteiger partial charge in [-0.3, -0.25) is 9.69 Å². The number of ether oxygens (including phenoxy) is 1. The van der Waals surface area contributed by atoms with Crippen LogP contribution in [0.15, 0.2) is 47.3 Å². The zero-order chi connectivity index (χ0) is 21.3. The number of nitrogens with one attached hydrogen (secondary N) is 1. The fourth-order valence-electron chi connectivity index (χ4n) is 3.07. The molecule has 1 N–H and O–H groups in total. The minimum Gasteiger partial charge on any atom is -0.443 e. The van der Waals surface area contributed by atoms with Crippen LogP contribution in [0.3, 0.4) is 0 Å². The number of pyridine rings is 1. The summed E-state index contributed by atoms with van der Waals surface area (Å²) in [6, 6.07) is 14.8. The SMILES string of the molecule is Cc1ccc(-c2c(N(C)C(=O)OC(C)(C)C)[nH]c(=O)c3ccc(C#N)cc23)cc1. The minimum absolute atomic E-state index is 0.315. The van der Waals surface area contributed by atoms with E-state index in [1.807, 2.05) is 31.2 Å². The number of aryl methyl sites for hydroxylation is 1. The smallest absolute Gasteiger partial charge is 0.415 e. The van der Waals surface area contributed by atoms with Crippen molar-refractivity contribution < 1.29 is 9.53 Å². The Labute approximate surface area is 169 Å². The molecule has 29 heavy (non-hydrogen) atoms. The van der Waals surface area contributed by atoms with Crippen molar-refractivity contribution in [3.63, 3.8) is 0 Å². The lowest BCUT2D eigenvalue weighted by Crippen LogP contribution is -2.35. The zero-order valence-corrected chi connectivity index (χ0v) is 17.2. The molecular formula is C23H23N3O3. The van der Waals surface area contributed by atoms with Crippen molar-refractivity contribution in [2.45, 2.75) is 33.3 Å². The van der Waals surface area contributed by atoms with Gasteiger partial charge in [-0.05, 0) is 56.8 Å². The number of hydrogen-bond acceptors (Lipinski definition) is 4. The van der Waals surface area contributed by atoms with Gasteiger partial charge in [0.05, 0.1) is 11.6 Å². The third-order valence-corrected chi connectivity index (χ3v) is 4.47. The number of nitriles is 1. The first kappa shape index (κ1) is 20.2. The average molecular weight is 389 g/mol. The molecule has 0 spiro atoms. The first-order valence-electron chi connectivity index (χ1n) is 9.24. The predicted molar refractivity (Wildman–Crippen MR) is 114 cm³/mol. The van der Waals surface area contributed by atoms with Crippen molar-refractivity contribution in [3.05, 3.63) is 63.9 Å². The van der Waals surface area contributed by atoms with Crippen LogP contribution < -0.4 is 10.5 Å². The van der Waals surface area contributed by atoms with E-state index in [0.717, 1.165) is 11.1 Å². The molecule has 0 aliphatic rings. The summed E-state index contributed by atoms with van der Waals surface area (Å²) >= 11 is 0. The topological polar surface area (TPSA) is 86.2 Å². The van der Waals surface area contributed by atoms with E-state index in [-0.39, 0.29) is 5.56 Å². The number of nitrogens with zero attached hydrogens (tertiary/aromatic N) is 2. The Morgan fingerprint density at radius 2 is 1.76 bits per heavy atom. The fraction of sp³-hybridized carbons (Fsp3) is 0.261. The number of fused-ring (bicyclic) bond motifs is 1. The van der Waals surface area contributed by atoms with E-state index in [0.29, 0.717) is 27.7 Å². The van der Waals surface area contributed by atoms with Gasteiger partial charge in [0.25, 0.3) is 5.56 Å². The van der Waals surface area contributed by atoms with Crippen LogP contribution in [0.25, 0.3) is 21.9 Å². The van der Waals surface area contributed by atoms with Crippen molar-refractivity contribution >= 4 is 22.7 Å². The van der Waals surface area contributed by atoms with Crippen LogP contribution in [0.1, 0.15) is 31.9 Å². The molecule has 3 aromatic rings. The summed E-state index contributed by atoms with van der Waals surface area (Å²) < 4.78 is 5.47. The maximum absolute atomic E-state index is 12.7. The number of H-pyrrole nitrogens is 1. The molecule has 2 aromatic carbocycles. The molecule has 0 saturated heterocycles. The van der Waals surface area contributed by atoms with E-state index in [9.17, 15) is 14.9 Å². The number of rotatable bonds is 2. The third kappa shape index (κ3) is 4.14. The number of benzene rings is 2. The van der Waals surface area contributed by atoms with Crippen LogP contribution in [0, 0.1) is 18.3 Å². The number of amides is 1. The maximum atomic E-state index is 12.7. The van der Waals surface area contributed by atoms with Gasteiger partial charge < -0.3 is 9.72 Å². The lowest BCUT2D eigenvalue weighted by molar-refractivity contribution is 0.0588. The molecule has 0 radical (unpaired) electrons. The highest BCUT2D eigenvalue weighted by Gasteiger charge is 2.25. The standard InChI is InChI=1S/C23H23N3O3/c1-14-6-9-16(10-7-14)19-18-12-15(13-24)8-11-17(18)21(27)25-20(19)26(5)22(28)29-23(2,3)4/h6-12H,1-5H3,(H,25,27). The number of aromatic nitrogens is 1. The van der Waals surface area contributed by atoms with Crippen LogP contribution in [-0.4, -0.2) is 23.7 Å². The molecule has 0 bridgehead atoms. The van der Waals surface area contributed by atoms with Gasteiger partial charge in [-0.1, -0.05) is 29.8 Å². The first-order valence-corrected chi connectivity index (χ1v) is 9.24. The molecule has 148 valence electrons. The zero-order valence-electron chi connectivity index (χ0n) is 17.2. The summed E-state index contributed by atoms with van der Waals surface area (Å²) in [5.74, 6) is 0.315. The van der Waals surface area contributed by atoms with Crippen molar-refractivity contribution in [2.24, 2.45) is 0 Å². The van der Waals surface area contributed by atoms with E-state index in [1.54, 1.807) is 46.0 Å². The molecule has 1 amide bonds. The minimum atomic E-state index is -0.680. The van der Waals surface area contributed by atoms with Crippen molar-refractivity contribution in [2.75, 3.05) is 11.9 Å². The average Bonchev–Trinajstić information content (AvgIpc) is 2.66. The second-order valence-corrected chi connectivity index (χ2v) is 7.96. The highest BCUT2D eigenvalue weighted by atomic mass is 16.6. The van der Waals surface area contributed by atoms with Crippen LogP contribution in [-0.2, 0) is 4.74 Å². The Hall–Kier alpha value is -3.59. The highest BCUT2D eigenvalue weighted by Crippen LogP contribution is 2.35. The number of anilines is 1. The third-order valence-electron chi connectivity index (χ3n) is 4.47. The van der Waals surface area contributed by atoms with Crippen molar-refractivity contribution in [3.8, 4) is 17.2 Å². The quantitative estimate of drug-likeness (QED) is 0.685. The van der Waals surface area contributed by atoms with Gasteiger partial charge in [0.1, 0.15) is 11.4 Å². The van der Waals surface area contributed by atoms with Gasteiger partial charge in [0.15, 0.2) is 0 Å². The molecule has 0 saturated carbocycles. The van der Waals surface area contributed by atoms with Crippen LogP contribution in [0.5, 0.6) is 0 Å². The molecule has 0 aliphatic carbocycles. The Morgan fingerprint density at radius 3 is 2.34 bits per heavy atom. The summed E-state index contributed by atoms with van der Waals surface area (Å²) in [6.45, 7) is 7.32. The number of carbonyl (C=O) groups is 1. The van der Waals surface area contributed by atoms with Crippen molar-refractivity contribution in [1.29, 1.82) is 5.26 Å². The number of hydrogen-bond donors (Lipinski definition) is 1. The predicted octanol–water partition coefficient (Wildman–Crippen LogP) is 4.75. The Balaban J connectivity index is 2.32. The van der Waals surface area contributed by atoms with Gasteiger partial charge in [0.2, 0.25) is 0 Å². The van der Waals surface area contributed by atoms with Crippen LogP contribution >= 0.6 is 0 Å². The molecule has 0 unspecified atom stereocenters. The van der Waals surface area contributed by atoms with E-state index < -0.39 is 11.7 Å². The molecule has 6 heteroatoms. The highest BCUT2D eigenvalue weighted by molar-refractivity contribution is 6.04. The summed E-state index contributed by atoms with van der Waals surface area (Å²) in [5.41, 5.74) is 1.97. The maximum Gasteiger partial charge on any atom is 0.415 e. The molecule has 6 nitrogen and oxygen atoms in total. The lowest BCUT2D eigenvalue weighted by Gasteiger charge is -2.26. The number of aromatic amines is 1. The summed E-state index contributed by atoms with van der Waals surface area (Å²) in [5, 5.41) is 10.4. The van der Waals surface area contributed by atoms with E-state index >= 15 is 0 Å². The van der Waals surface area contributed by atoms with E-state index in [4.69, 9.17) is 4.74 Å². The Bertz CT molecular complexity index is 1180. The molecule has 1 aromatic heterocycles. The van der Waals surface area contributed by atoms with Gasteiger partial charge in [-0.2, -0.15) is 5.26 Å². The Kier molecular flexibility index (Phi) is 5.17. The second kappa shape index (κ2) is 7.44. The van der Waals surface area contributed by atoms with E-state index in [1.165, 1.54) is 4.90 Å². The number of carbonyl (C=O) groups excluding carboxylic acids is 1. The lowest BCUT2D eigenvalue weighted by atomic mass is 9.97. The molecule has 0 aliphatic heterocycles. The first-order chi connectivity index (χ1) is 13.6. The summed E-state index contributed by atoms with van der Waals surface area (Å²) in [4.78, 5) is 29.5. The largest absolute Gasteiger partial charge is 0.443 e. The van der Waals surface area contributed by atoms with Gasteiger partial charge in [0, 0.05) is 18.0 Å². The normalized spacial score (nSPS) is 11.2. The monoisotopic (exact) mass is 389 g/mol. The molecule has 0 atom stereocenters. The van der Waals surface area contributed by atoms with Crippen molar-refractivity contribution in [1.82, 2.24) is 4.98 Å². The Morgan fingerprint density at radius 1 is 1.10 bits per heavy atom.